The standard InChI is InChI=1S/C20H22N4O4S/c1-27-9-10-28-19-8-3-2-7-17(19)18-12-20(23-14-22-18)24-16-6-4-5-15(11-16)13-29(21,25)26/h2-8,11-12,14H,9-10,13H2,1H3,(H2,21,25,26)(H,22,23,24). The third kappa shape index (κ3) is 6.24. The van der Waals surface area contributed by atoms with Gasteiger partial charge in [-0.25, -0.2) is 23.5 Å². The molecule has 0 unspecified atom stereocenters. The Balaban J connectivity index is 1.82. The van der Waals surface area contributed by atoms with E-state index in [2.05, 4.69) is 15.3 Å². The monoisotopic (exact) mass is 414 g/mol. The molecular formula is C20H22N4O4S. The first-order chi connectivity index (χ1) is 13.9. The Hall–Kier alpha value is -3.01. The lowest BCUT2D eigenvalue weighted by molar-refractivity contribution is 0.146. The van der Waals surface area contributed by atoms with Gasteiger partial charge in [0.2, 0.25) is 10.0 Å². The van der Waals surface area contributed by atoms with Crippen LogP contribution in [0.5, 0.6) is 5.75 Å². The summed E-state index contributed by atoms with van der Waals surface area (Å²) in [7, 11) is -1.98. The number of methoxy groups -OCH3 is 1. The first-order valence-corrected chi connectivity index (χ1v) is 10.6. The average Bonchev–Trinajstić information content (AvgIpc) is 2.68. The number of benzene rings is 2. The highest BCUT2D eigenvalue weighted by Crippen LogP contribution is 2.29. The third-order valence-corrected chi connectivity index (χ3v) is 4.68. The molecule has 0 saturated heterocycles. The molecule has 29 heavy (non-hydrogen) atoms. The molecule has 0 aliphatic rings. The average molecular weight is 414 g/mol. The molecule has 0 aliphatic carbocycles. The summed E-state index contributed by atoms with van der Waals surface area (Å²) in [6.45, 7) is 0.917. The van der Waals surface area contributed by atoms with Gasteiger partial charge in [-0.2, -0.15) is 0 Å². The zero-order valence-electron chi connectivity index (χ0n) is 15.9. The topological polar surface area (TPSA) is 116 Å². The van der Waals surface area contributed by atoms with Crippen LogP contribution in [0, 0.1) is 0 Å². The van der Waals surface area contributed by atoms with Gasteiger partial charge in [0.05, 0.1) is 18.1 Å². The van der Waals surface area contributed by atoms with E-state index in [1.54, 1.807) is 31.4 Å². The molecule has 3 N–H and O–H groups in total. The summed E-state index contributed by atoms with van der Waals surface area (Å²) in [4.78, 5) is 8.59. The molecule has 0 amide bonds. The van der Waals surface area contributed by atoms with Gasteiger partial charge < -0.3 is 14.8 Å². The third-order valence-electron chi connectivity index (χ3n) is 3.94. The van der Waals surface area contributed by atoms with Crippen LogP contribution < -0.4 is 15.2 Å². The van der Waals surface area contributed by atoms with E-state index in [1.807, 2.05) is 30.3 Å². The van der Waals surface area contributed by atoms with E-state index >= 15 is 0 Å². The van der Waals surface area contributed by atoms with Crippen molar-refractivity contribution in [1.82, 2.24) is 9.97 Å². The van der Waals surface area contributed by atoms with Gasteiger partial charge in [0.1, 0.15) is 24.5 Å². The Kier molecular flexibility index (Phi) is 6.76. The zero-order valence-corrected chi connectivity index (χ0v) is 16.7. The number of sulfonamides is 1. The lowest BCUT2D eigenvalue weighted by Crippen LogP contribution is -2.14. The van der Waals surface area contributed by atoms with E-state index in [1.165, 1.54) is 6.33 Å². The van der Waals surface area contributed by atoms with Crippen LogP contribution in [-0.4, -0.2) is 38.7 Å². The smallest absolute Gasteiger partial charge is 0.213 e. The predicted octanol–water partition coefficient (Wildman–Crippen LogP) is 2.70. The molecule has 0 atom stereocenters. The van der Waals surface area contributed by atoms with Crippen LogP contribution in [0.1, 0.15) is 5.56 Å². The van der Waals surface area contributed by atoms with E-state index in [0.29, 0.717) is 41.7 Å². The molecular weight excluding hydrogens is 392 g/mol. The van der Waals surface area contributed by atoms with Crippen molar-refractivity contribution in [3.05, 3.63) is 66.5 Å². The number of nitrogens with two attached hydrogens (primary N) is 1. The molecule has 0 spiro atoms. The number of primary sulfonamides is 1. The van der Waals surface area contributed by atoms with Gasteiger partial charge in [-0.3, -0.25) is 0 Å². The number of nitrogens with zero attached hydrogens (tertiary/aromatic N) is 2. The lowest BCUT2D eigenvalue weighted by atomic mass is 10.1. The van der Waals surface area contributed by atoms with Crippen molar-refractivity contribution in [3.63, 3.8) is 0 Å². The van der Waals surface area contributed by atoms with Gasteiger partial charge in [-0.1, -0.05) is 24.3 Å². The number of para-hydroxylation sites is 1. The Bertz CT molecular complexity index is 1070. The summed E-state index contributed by atoms with van der Waals surface area (Å²) in [6, 6.07) is 16.4. The Morgan fingerprint density at radius 1 is 1.03 bits per heavy atom. The lowest BCUT2D eigenvalue weighted by Gasteiger charge is -2.12. The van der Waals surface area contributed by atoms with Crippen molar-refractivity contribution in [1.29, 1.82) is 0 Å². The molecule has 1 aromatic heterocycles. The maximum absolute atomic E-state index is 11.3. The van der Waals surface area contributed by atoms with E-state index in [9.17, 15) is 8.42 Å². The van der Waals surface area contributed by atoms with Crippen LogP contribution in [-0.2, 0) is 20.5 Å². The molecule has 152 valence electrons. The summed E-state index contributed by atoms with van der Waals surface area (Å²) < 4.78 is 33.4. The molecule has 3 aromatic rings. The number of nitrogens with one attached hydrogen (secondary N) is 1. The Morgan fingerprint density at radius 2 is 1.86 bits per heavy atom. The second-order valence-corrected chi connectivity index (χ2v) is 7.87. The van der Waals surface area contributed by atoms with Gasteiger partial charge in [0.15, 0.2) is 0 Å². The second-order valence-electron chi connectivity index (χ2n) is 6.26. The number of ether oxygens (including phenoxy) is 2. The molecule has 9 heteroatoms. The largest absolute Gasteiger partial charge is 0.490 e. The molecule has 0 saturated carbocycles. The van der Waals surface area contributed by atoms with Crippen molar-refractivity contribution < 1.29 is 17.9 Å². The van der Waals surface area contributed by atoms with Gasteiger partial charge >= 0.3 is 0 Å². The minimum absolute atomic E-state index is 0.232. The fourth-order valence-electron chi connectivity index (χ4n) is 2.73. The molecule has 3 rings (SSSR count). The SMILES string of the molecule is COCCOc1ccccc1-c1cc(Nc2cccc(CS(N)(=O)=O)c2)ncn1. The van der Waals surface area contributed by atoms with Crippen LogP contribution >= 0.6 is 0 Å². The first kappa shape index (κ1) is 20.7. The summed E-state index contributed by atoms with van der Waals surface area (Å²) >= 11 is 0. The molecule has 1 heterocycles. The highest BCUT2D eigenvalue weighted by molar-refractivity contribution is 7.88. The van der Waals surface area contributed by atoms with Crippen molar-refractivity contribution in [2.24, 2.45) is 5.14 Å². The van der Waals surface area contributed by atoms with Crippen molar-refractivity contribution in [2.45, 2.75) is 5.75 Å². The second kappa shape index (κ2) is 9.46. The highest BCUT2D eigenvalue weighted by atomic mass is 32.2. The van der Waals surface area contributed by atoms with Crippen LogP contribution in [0.3, 0.4) is 0 Å². The fourth-order valence-corrected chi connectivity index (χ4v) is 3.38. The molecule has 0 bridgehead atoms. The maximum Gasteiger partial charge on any atom is 0.213 e. The van der Waals surface area contributed by atoms with Gasteiger partial charge in [-0.15, -0.1) is 0 Å². The number of rotatable bonds is 9. The molecule has 0 fully saturated rings. The van der Waals surface area contributed by atoms with Crippen molar-refractivity contribution >= 4 is 21.5 Å². The summed E-state index contributed by atoms with van der Waals surface area (Å²) in [5, 5.41) is 8.29. The number of anilines is 2. The van der Waals surface area contributed by atoms with Gasteiger partial charge in [0.25, 0.3) is 0 Å². The van der Waals surface area contributed by atoms with Gasteiger partial charge in [-0.05, 0) is 29.8 Å². The normalized spacial score (nSPS) is 11.2. The van der Waals surface area contributed by atoms with E-state index in [-0.39, 0.29) is 5.75 Å². The van der Waals surface area contributed by atoms with Crippen LogP contribution in [0.25, 0.3) is 11.3 Å². The molecule has 2 aromatic carbocycles. The summed E-state index contributed by atoms with van der Waals surface area (Å²) in [5.74, 6) is 1.03. The Morgan fingerprint density at radius 3 is 2.66 bits per heavy atom. The molecule has 8 nitrogen and oxygen atoms in total. The summed E-state index contributed by atoms with van der Waals surface area (Å²) in [6.07, 6.45) is 1.46. The van der Waals surface area contributed by atoms with Crippen LogP contribution in [0.4, 0.5) is 11.5 Å². The first-order valence-electron chi connectivity index (χ1n) is 8.84. The van der Waals surface area contributed by atoms with E-state index in [4.69, 9.17) is 14.6 Å². The maximum atomic E-state index is 11.3. The van der Waals surface area contributed by atoms with Gasteiger partial charge in [0, 0.05) is 24.4 Å². The predicted molar refractivity (Wildman–Crippen MR) is 111 cm³/mol. The summed E-state index contributed by atoms with van der Waals surface area (Å²) in [5.41, 5.74) is 2.80. The minimum Gasteiger partial charge on any atom is -0.490 e. The Labute approximate surface area is 169 Å². The van der Waals surface area contributed by atoms with Crippen molar-refractivity contribution in [3.8, 4) is 17.0 Å². The van der Waals surface area contributed by atoms with E-state index in [0.717, 1.165) is 5.56 Å². The minimum atomic E-state index is -3.60. The van der Waals surface area contributed by atoms with Crippen LogP contribution in [0.15, 0.2) is 60.9 Å². The molecule has 0 aliphatic heterocycles. The highest BCUT2D eigenvalue weighted by Gasteiger charge is 2.10. The zero-order chi connectivity index (χ0) is 20.7. The molecule has 0 radical (unpaired) electrons. The van der Waals surface area contributed by atoms with Crippen molar-refractivity contribution in [2.75, 3.05) is 25.6 Å². The number of hydrogen-bond acceptors (Lipinski definition) is 7. The quantitative estimate of drug-likeness (QED) is 0.517. The number of hydrogen-bond donors (Lipinski definition) is 2. The fraction of sp³-hybridized carbons (Fsp3) is 0.200. The number of aromatic nitrogens is 2. The van der Waals surface area contributed by atoms with Crippen LogP contribution in [0.2, 0.25) is 0 Å². The van der Waals surface area contributed by atoms with E-state index < -0.39 is 10.0 Å².